The SMILES string of the molecule is CSCC1CC(C)CN(C(=O)O)C1C. The molecule has 1 aliphatic heterocycles. The monoisotopic (exact) mass is 217 g/mol. The second kappa shape index (κ2) is 4.91. The zero-order valence-corrected chi connectivity index (χ0v) is 9.88. The first-order chi connectivity index (χ1) is 6.56. The number of carboxylic acid groups (broad SMARTS) is 1. The molecule has 0 bridgehead atoms. The maximum atomic E-state index is 11.0. The van der Waals surface area contributed by atoms with Crippen LogP contribution in [-0.2, 0) is 0 Å². The Kier molecular flexibility index (Phi) is 4.11. The zero-order valence-electron chi connectivity index (χ0n) is 9.06. The Bertz CT molecular complexity index is 210. The highest BCUT2D eigenvalue weighted by molar-refractivity contribution is 7.98. The average Bonchev–Trinajstić information content (AvgIpc) is 2.10. The van der Waals surface area contributed by atoms with Gasteiger partial charge in [-0.15, -0.1) is 0 Å². The van der Waals surface area contributed by atoms with Gasteiger partial charge in [0.25, 0.3) is 0 Å². The van der Waals surface area contributed by atoms with Gasteiger partial charge in [0.15, 0.2) is 0 Å². The van der Waals surface area contributed by atoms with Gasteiger partial charge < -0.3 is 10.0 Å². The molecule has 0 aromatic carbocycles. The van der Waals surface area contributed by atoms with E-state index >= 15 is 0 Å². The van der Waals surface area contributed by atoms with Crippen molar-refractivity contribution in [2.24, 2.45) is 11.8 Å². The predicted molar refractivity (Wildman–Crippen MR) is 59.8 cm³/mol. The molecule has 1 saturated heterocycles. The molecule has 3 atom stereocenters. The Morgan fingerprint density at radius 1 is 1.57 bits per heavy atom. The number of carbonyl (C=O) groups is 1. The maximum absolute atomic E-state index is 11.0. The molecule has 4 heteroatoms. The van der Waals surface area contributed by atoms with Gasteiger partial charge in [-0.25, -0.2) is 4.79 Å². The van der Waals surface area contributed by atoms with Gasteiger partial charge in [0.05, 0.1) is 0 Å². The van der Waals surface area contributed by atoms with Gasteiger partial charge in [0.1, 0.15) is 0 Å². The molecular formula is C10H19NO2S. The lowest BCUT2D eigenvalue weighted by molar-refractivity contribution is 0.0717. The Morgan fingerprint density at radius 3 is 2.71 bits per heavy atom. The third-order valence-electron chi connectivity index (χ3n) is 3.01. The van der Waals surface area contributed by atoms with E-state index in [1.807, 2.05) is 18.7 Å². The molecule has 3 nitrogen and oxygen atoms in total. The molecule has 0 radical (unpaired) electrons. The lowest BCUT2D eigenvalue weighted by atomic mass is 9.86. The van der Waals surface area contributed by atoms with Crippen molar-refractivity contribution in [1.29, 1.82) is 0 Å². The molecular weight excluding hydrogens is 198 g/mol. The van der Waals surface area contributed by atoms with Crippen LogP contribution in [0.5, 0.6) is 0 Å². The summed E-state index contributed by atoms with van der Waals surface area (Å²) in [5.41, 5.74) is 0. The summed E-state index contributed by atoms with van der Waals surface area (Å²) in [6.45, 7) is 4.86. The fraction of sp³-hybridized carbons (Fsp3) is 0.900. The summed E-state index contributed by atoms with van der Waals surface area (Å²) in [6, 6.07) is 0.177. The number of hydrogen-bond acceptors (Lipinski definition) is 2. The standard InChI is InChI=1S/C10H19NO2S/c1-7-4-9(6-14-3)8(2)11(5-7)10(12)13/h7-9H,4-6H2,1-3H3,(H,12,13). The van der Waals surface area contributed by atoms with Gasteiger partial charge >= 0.3 is 6.09 Å². The number of piperidine rings is 1. The highest BCUT2D eigenvalue weighted by atomic mass is 32.2. The van der Waals surface area contributed by atoms with Crippen molar-refractivity contribution in [1.82, 2.24) is 4.90 Å². The second-order valence-corrected chi connectivity index (χ2v) is 5.14. The fourth-order valence-electron chi connectivity index (χ4n) is 2.22. The molecule has 1 rings (SSSR count). The van der Waals surface area contributed by atoms with E-state index < -0.39 is 6.09 Å². The van der Waals surface area contributed by atoms with Crippen LogP contribution in [0.1, 0.15) is 20.3 Å². The van der Waals surface area contributed by atoms with E-state index in [-0.39, 0.29) is 6.04 Å². The highest BCUT2D eigenvalue weighted by Crippen LogP contribution is 2.29. The van der Waals surface area contributed by atoms with E-state index in [0.29, 0.717) is 18.4 Å². The fourth-order valence-corrected chi connectivity index (χ4v) is 3.06. The summed E-state index contributed by atoms with van der Waals surface area (Å²) in [5, 5.41) is 9.03. The lowest BCUT2D eigenvalue weighted by Crippen LogP contribution is -2.49. The van der Waals surface area contributed by atoms with Crippen molar-refractivity contribution in [2.75, 3.05) is 18.6 Å². The van der Waals surface area contributed by atoms with E-state index in [9.17, 15) is 4.79 Å². The van der Waals surface area contributed by atoms with E-state index in [4.69, 9.17) is 5.11 Å². The molecule has 82 valence electrons. The zero-order chi connectivity index (χ0) is 10.7. The number of nitrogens with zero attached hydrogens (tertiary/aromatic N) is 1. The van der Waals surface area contributed by atoms with Crippen LogP contribution in [0.15, 0.2) is 0 Å². The molecule has 0 saturated carbocycles. The Labute approximate surface area is 89.9 Å². The molecule has 1 N–H and O–H groups in total. The van der Waals surface area contributed by atoms with Crippen LogP contribution < -0.4 is 0 Å². The second-order valence-electron chi connectivity index (χ2n) is 4.23. The molecule has 0 aromatic heterocycles. The summed E-state index contributed by atoms with van der Waals surface area (Å²) in [6.07, 6.45) is 2.47. The normalized spacial score (nSPS) is 33.1. The average molecular weight is 217 g/mol. The molecule has 1 aliphatic rings. The highest BCUT2D eigenvalue weighted by Gasteiger charge is 2.33. The number of amides is 1. The van der Waals surface area contributed by atoms with E-state index in [1.54, 1.807) is 4.90 Å². The van der Waals surface area contributed by atoms with E-state index in [2.05, 4.69) is 13.2 Å². The van der Waals surface area contributed by atoms with Crippen LogP contribution in [0.2, 0.25) is 0 Å². The molecule has 1 heterocycles. The lowest BCUT2D eigenvalue weighted by Gasteiger charge is -2.40. The largest absolute Gasteiger partial charge is 0.465 e. The van der Waals surface area contributed by atoms with Crippen LogP contribution in [-0.4, -0.2) is 40.7 Å². The Balaban J connectivity index is 2.65. The van der Waals surface area contributed by atoms with Crippen LogP contribution >= 0.6 is 11.8 Å². The first-order valence-electron chi connectivity index (χ1n) is 5.04. The van der Waals surface area contributed by atoms with Crippen molar-refractivity contribution in [2.45, 2.75) is 26.3 Å². The van der Waals surface area contributed by atoms with Crippen molar-refractivity contribution in [3.63, 3.8) is 0 Å². The summed E-state index contributed by atoms with van der Waals surface area (Å²) in [7, 11) is 0. The van der Waals surface area contributed by atoms with Crippen LogP contribution in [0.3, 0.4) is 0 Å². The summed E-state index contributed by atoms with van der Waals surface area (Å²) in [4.78, 5) is 12.6. The molecule has 14 heavy (non-hydrogen) atoms. The van der Waals surface area contributed by atoms with Crippen molar-refractivity contribution < 1.29 is 9.90 Å². The van der Waals surface area contributed by atoms with Gasteiger partial charge in [-0.3, -0.25) is 0 Å². The van der Waals surface area contributed by atoms with Crippen LogP contribution in [0, 0.1) is 11.8 Å². The van der Waals surface area contributed by atoms with Crippen LogP contribution in [0.25, 0.3) is 0 Å². The third kappa shape index (κ3) is 2.56. The van der Waals surface area contributed by atoms with Gasteiger partial charge in [-0.1, -0.05) is 6.92 Å². The van der Waals surface area contributed by atoms with Crippen LogP contribution in [0.4, 0.5) is 4.79 Å². The molecule has 1 fully saturated rings. The molecule has 3 unspecified atom stereocenters. The predicted octanol–water partition coefficient (Wildman–Crippen LogP) is 2.37. The number of likely N-dealkylation sites (tertiary alicyclic amines) is 1. The first-order valence-corrected chi connectivity index (χ1v) is 6.44. The van der Waals surface area contributed by atoms with Crippen molar-refractivity contribution in [3.8, 4) is 0 Å². The van der Waals surface area contributed by atoms with Crippen molar-refractivity contribution in [3.05, 3.63) is 0 Å². The van der Waals surface area contributed by atoms with E-state index in [0.717, 1.165) is 12.2 Å². The smallest absolute Gasteiger partial charge is 0.407 e. The molecule has 0 aromatic rings. The third-order valence-corrected chi connectivity index (χ3v) is 3.78. The van der Waals surface area contributed by atoms with Gasteiger partial charge in [0.2, 0.25) is 0 Å². The van der Waals surface area contributed by atoms with Gasteiger partial charge in [0, 0.05) is 12.6 Å². The Hall–Kier alpha value is -0.380. The molecule has 1 amide bonds. The van der Waals surface area contributed by atoms with E-state index in [1.165, 1.54) is 0 Å². The number of hydrogen-bond donors (Lipinski definition) is 1. The first kappa shape index (κ1) is 11.7. The minimum atomic E-state index is -0.768. The minimum absolute atomic E-state index is 0.177. The maximum Gasteiger partial charge on any atom is 0.407 e. The molecule has 0 spiro atoms. The quantitative estimate of drug-likeness (QED) is 0.772. The molecule has 0 aliphatic carbocycles. The number of thioether (sulfide) groups is 1. The summed E-state index contributed by atoms with van der Waals surface area (Å²) < 4.78 is 0. The van der Waals surface area contributed by atoms with Gasteiger partial charge in [-0.05, 0) is 37.2 Å². The number of rotatable bonds is 2. The summed E-state index contributed by atoms with van der Waals surface area (Å²) in [5.74, 6) is 2.08. The minimum Gasteiger partial charge on any atom is -0.465 e. The summed E-state index contributed by atoms with van der Waals surface area (Å²) >= 11 is 1.81. The topological polar surface area (TPSA) is 40.5 Å². The van der Waals surface area contributed by atoms with Crippen molar-refractivity contribution >= 4 is 17.9 Å². The Morgan fingerprint density at radius 2 is 2.21 bits per heavy atom. The van der Waals surface area contributed by atoms with Gasteiger partial charge in [-0.2, -0.15) is 11.8 Å².